The van der Waals surface area contributed by atoms with Crippen molar-refractivity contribution in [2.45, 2.75) is 45.1 Å². The molecule has 3 aliphatic rings. The molecule has 2 N–H and O–H groups in total. The summed E-state index contributed by atoms with van der Waals surface area (Å²) in [6.07, 6.45) is 2.02. The van der Waals surface area contributed by atoms with E-state index in [9.17, 15) is 15.0 Å². The average molecular weight is 364 g/mol. The second kappa shape index (κ2) is 5.06. The second-order valence-electron chi connectivity index (χ2n) is 9.11. The number of hydrogen-bond donors (Lipinski definition) is 2. The third-order valence-corrected chi connectivity index (χ3v) is 7.39. The Bertz CT molecular complexity index is 962. The highest BCUT2D eigenvalue weighted by atomic mass is 16.5. The number of carbonyl (C=O) groups is 1. The highest BCUT2D eigenvalue weighted by Gasteiger charge is 2.70. The minimum absolute atomic E-state index is 0.0255. The van der Waals surface area contributed by atoms with E-state index in [-0.39, 0.29) is 39.8 Å². The number of hydrogen-bond acceptors (Lipinski definition) is 4. The summed E-state index contributed by atoms with van der Waals surface area (Å²) in [6, 6.07) is 10.2. The summed E-state index contributed by atoms with van der Waals surface area (Å²) in [4.78, 5) is 13.2. The molecule has 2 fully saturated rings. The van der Waals surface area contributed by atoms with Crippen molar-refractivity contribution in [1.29, 1.82) is 0 Å². The lowest BCUT2D eigenvalue weighted by molar-refractivity contribution is -0.121. The number of aromatic hydroxyl groups is 2. The predicted molar refractivity (Wildman–Crippen MR) is 101 cm³/mol. The van der Waals surface area contributed by atoms with Gasteiger partial charge in [-0.1, -0.05) is 44.2 Å². The molecule has 0 unspecified atom stereocenters. The van der Waals surface area contributed by atoms with Crippen LogP contribution in [0.1, 0.15) is 61.0 Å². The fourth-order valence-corrected chi connectivity index (χ4v) is 6.12. The van der Waals surface area contributed by atoms with Crippen molar-refractivity contribution in [3.63, 3.8) is 0 Å². The van der Waals surface area contributed by atoms with Crippen molar-refractivity contribution in [2.75, 3.05) is 0 Å². The second-order valence-corrected chi connectivity index (χ2v) is 9.11. The zero-order valence-corrected chi connectivity index (χ0v) is 15.8. The van der Waals surface area contributed by atoms with Crippen LogP contribution in [0.4, 0.5) is 0 Å². The van der Waals surface area contributed by atoms with Crippen molar-refractivity contribution < 1.29 is 19.7 Å². The molecule has 0 aromatic heterocycles. The molecule has 0 spiro atoms. The molecule has 0 radical (unpaired) electrons. The zero-order chi connectivity index (χ0) is 19.1. The number of ether oxygens (including phenoxy) is 1. The van der Waals surface area contributed by atoms with Crippen LogP contribution in [0.3, 0.4) is 0 Å². The van der Waals surface area contributed by atoms with Gasteiger partial charge in [0.2, 0.25) is 5.78 Å². The van der Waals surface area contributed by atoms with E-state index in [1.54, 1.807) is 24.3 Å². The maximum atomic E-state index is 13.2. The quantitative estimate of drug-likeness (QED) is 0.763. The van der Waals surface area contributed by atoms with E-state index in [0.29, 0.717) is 28.7 Å². The first-order valence-electron chi connectivity index (χ1n) is 9.63. The number of benzene rings is 2. The highest BCUT2D eigenvalue weighted by Crippen LogP contribution is 2.74. The van der Waals surface area contributed by atoms with Crippen LogP contribution in [-0.4, -0.2) is 21.6 Å². The summed E-state index contributed by atoms with van der Waals surface area (Å²) < 4.78 is 6.43. The number of phenolic OH excluding ortho intramolecular Hbond substituents is 2. The maximum Gasteiger partial charge on any atom is 0.200 e. The molecule has 4 nitrogen and oxygen atoms in total. The van der Waals surface area contributed by atoms with Gasteiger partial charge in [0.05, 0.1) is 0 Å². The van der Waals surface area contributed by atoms with Crippen molar-refractivity contribution >= 4 is 5.78 Å². The predicted octanol–water partition coefficient (Wildman–Crippen LogP) is 4.63. The fraction of sp³-hybridized carbons (Fsp3) is 0.435. The Morgan fingerprint density at radius 2 is 1.81 bits per heavy atom. The van der Waals surface area contributed by atoms with Crippen LogP contribution in [0.5, 0.6) is 17.2 Å². The van der Waals surface area contributed by atoms with Crippen molar-refractivity contribution in [3.05, 3.63) is 53.1 Å². The SMILES string of the molecule is CC1(C)[C@@H]2c3c(O)cc(O)c(C(=O)c4ccccc4)c3O[C@]3(C)CC[C@H]1[C@H]23. The molecule has 140 valence electrons. The molecule has 1 aliphatic heterocycles. The molecule has 4 atom stereocenters. The van der Waals surface area contributed by atoms with Gasteiger partial charge in [0.1, 0.15) is 28.4 Å². The van der Waals surface area contributed by atoms with Crippen LogP contribution < -0.4 is 4.74 Å². The number of carbonyl (C=O) groups excluding carboxylic acids is 1. The van der Waals surface area contributed by atoms with Gasteiger partial charge in [-0.25, -0.2) is 0 Å². The van der Waals surface area contributed by atoms with Gasteiger partial charge in [-0.2, -0.15) is 0 Å². The third-order valence-electron chi connectivity index (χ3n) is 7.39. The first-order chi connectivity index (χ1) is 12.8. The molecular weight excluding hydrogens is 340 g/mol. The first-order valence-corrected chi connectivity index (χ1v) is 9.63. The molecule has 2 aromatic carbocycles. The van der Waals surface area contributed by atoms with Crippen LogP contribution in [0, 0.1) is 17.3 Å². The summed E-state index contributed by atoms with van der Waals surface area (Å²) in [5.74, 6) is 0.918. The summed E-state index contributed by atoms with van der Waals surface area (Å²) in [5, 5.41) is 21.3. The molecule has 0 amide bonds. The minimum Gasteiger partial charge on any atom is -0.507 e. The van der Waals surface area contributed by atoms with E-state index in [0.717, 1.165) is 12.8 Å². The smallest absolute Gasteiger partial charge is 0.200 e. The Kier molecular flexibility index (Phi) is 3.12. The number of rotatable bonds is 2. The Morgan fingerprint density at radius 3 is 2.52 bits per heavy atom. The van der Waals surface area contributed by atoms with E-state index in [2.05, 4.69) is 20.8 Å². The lowest BCUT2D eigenvalue weighted by Gasteiger charge is -2.62. The van der Waals surface area contributed by atoms with Gasteiger partial charge in [-0.3, -0.25) is 4.79 Å². The van der Waals surface area contributed by atoms with Crippen LogP contribution in [0.2, 0.25) is 0 Å². The summed E-state index contributed by atoms with van der Waals surface area (Å²) in [6.45, 7) is 6.59. The highest BCUT2D eigenvalue weighted by molar-refractivity contribution is 6.13. The standard InChI is InChI=1S/C23H24O4/c1-22(2)13-9-10-23(3)18(13)19(22)16-14(24)11-15(25)17(21(16)27-23)20(26)12-7-5-4-6-8-12/h4-8,11,13,18-19,24-25H,9-10H2,1-3H3/t13-,18+,19+,23+/m0/s1. The van der Waals surface area contributed by atoms with Gasteiger partial charge in [0.15, 0.2) is 0 Å². The van der Waals surface area contributed by atoms with E-state index in [1.165, 1.54) is 6.07 Å². The Hall–Kier alpha value is -2.49. The maximum absolute atomic E-state index is 13.2. The van der Waals surface area contributed by atoms with Crippen LogP contribution in [0.15, 0.2) is 36.4 Å². The van der Waals surface area contributed by atoms with Gasteiger partial charge < -0.3 is 14.9 Å². The van der Waals surface area contributed by atoms with E-state index >= 15 is 0 Å². The molecular formula is C23H24O4. The molecule has 4 heteroatoms. The molecule has 0 bridgehead atoms. The van der Waals surface area contributed by atoms with Gasteiger partial charge in [-0.05, 0) is 31.1 Å². The van der Waals surface area contributed by atoms with Crippen LogP contribution in [-0.2, 0) is 0 Å². The molecule has 2 aliphatic carbocycles. The summed E-state index contributed by atoms with van der Waals surface area (Å²) in [5.41, 5.74) is 1.03. The third kappa shape index (κ3) is 1.96. The van der Waals surface area contributed by atoms with Gasteiger partial charge >= 0.3 is 0 Å². The monoisotopic (exact) mass is 364 g/mol. The Balaban J connectivity index is 1.74. The topological polar surface area (TPSA) is 66.8 Å². The fourth-order valence-electron chi connectivity index (χ4n) is 6.12. The van der Waals surface area contributed by atoms with Gasteiger partial charge in [0, 0.05) is 29.0 Å². The van der Waals surface area contributed by atoms with Crippen molar-refractivity contribution in [1.82, 2.24) is 0 Å². The molecule has 2 aromatic rings. The number of ketones is 1. The Labute approximate surface area is 158 Å². The van der Waals surface area contributed by atoms with Crippen LogP contribution in [0.25, 0.3) is 0 Å². The molecule has 2 saturated carbocycles. The molecule has 1 heterocycles. The van der Waals surface area contributed by atoms with Crippen molar-refractivity contribution in [2.24, 2.45) is 17.3 Å². The molecule has 5 rings (SSSR count). The van der Waals surface area contributed by atoms with E-state index in [4.69, 9.17) is 4.74 Å². The van der Waals surface area contributed by atoms with E-state index < -0.39 is 0 Å². The summed E-state index contributed by atoms with van der Waals surface area (Å²) >= 11 is 0. The normalized spacial score (nSPS) is 32.0. The van der Waals surface area contributed by atoms with Crippen LogP contribution >= 0.6 is 0 Å². The van der Waals surface area contributed by atoms with Gasteiger partial charge in [-0.15, -0.1) is 0 Å². The number of phenols is 2. The van der Waals surface area contributed by atoms with E-state index in [1.807, 2.05) is 6.07 Å². The zero-order valence-electron chi connectivity index (χ0n) is 15.8. The number of fused-ring (bicyclic) bond motifs is 2. The average Bonchev–Trinajstić information content (AvgIpc) is 2.96. The lowest BCUT2D eigenvalue weighted by atomic mass is 9.45. The lowest BCUT2D eigenvalue weighted by Crippen LogP contribution is -2.59. The molecule has 0 saturated heterocycles. The van der Waals surface area contributed by atoms with Crippen molar-refractivity contribution in [3.8, 4) is 17.2 Å². The largest absolute Gasteiger partial charge is 0.507 e. The minimum atomic E-state index is -0.357. The first kappa shape index (κ1) is 16.7. The Morgan fingerprint density at radius 1 is 1.11 bits per heavy atom. The van der Waals surface area contributed by atoms with Gasteiger partial charge in [0.25, 0.3) is 0 Å². The summed E-state index contributed by atoms with van der Waals surface area (Å²) in [7, 11) is 0. The molecule has 27 heavy (non-hydrogen) atoms.